The Morgan fingerprint density at radius 1 is 1.43 bits per heavy atom. The average molecular weight is 221 g/mol. The standard InChI is InChI=1S/C10H20N2O.ClH/c1-9(13)12-7-5-4-6-10(12)8-11(2)3;/h10H,4-8H2,1-3H3;1H. The van der Waals surface area contributed by atoms with Gasteiger partial charge in [0.15, 0.2) is 0 Å². The van der Waals surface area contributed by atoms with Gasteiger partial charge in [0.25, 0.3) is 0 Å². The summed E-state index contributed by atoms with van der Waals surface area (Å²) >= 11 is 0. The van der Waals surface area contributed by atoms with Gasteiger partial charge in [-0.1, -0.05) is 0 Å². The van der Waals surface area contributed by atoms with Gasteiger partial charge in [0.1, 0.15) is 0 Å². The van der Waals surface area contributed by atoms with Crippen molar-refractivity contribution in [2.24, 2.45) is 0 Å². The number of carbonyl (C=O) groups excluding carboxylic acids is 1. The Kier molecular flexibility index (Phi) is 6.12. The van der Waals surface area contributed by atoms with Gasteiger partial charge >= 0.3 is 0 Å². The number of carbonyl (C=O) groups is 1. The van der Waals surface area contributed by atoms with Crippen molar-refractivity contribution in [3.8, 4) is 0 Å². The zero-order valence-corrected chi connectivity index (χ0v) is 10.1. The van der Waals surface area contributed by atoms with Gasteiger partial charge in [0, 0.05) is 26.1 Å². The maximum atomic E-state index is 11.3. The summed E-state index contributed by atoms with van der Waals surface area (Å²) in [5.41, 5.74) is 0. The monoisotopic (exact) mass is 220 g/mol. The van der Waals surface area contributed by atoms with Gasteiger partial charge in [-0.05, 0) is 33.4 Å². The number of halogens is 1. The van der Waals surface area contributed by atoms with E-state index in [-0.39, 0.29) is 18.3 Å². The van der Waals surface area contributed by atoms with Crippen LogP contribution in [0.4, 0.5) is 0 Å². The van der Waals surface area contributed by atoms with E-state index < -0.39 is 0 Å². The fourth-order valence-electron chi connectivity index (χ4n) is 2.03. The summed E-state index contributed by atoms with van der Waals surface area (Å²) in [6.45, 7) is 3.63. The third-order valence-electron chi connectivity index (χ3n) is 2.61. The Balaban J connectivity index is 0.00000169. The molecule has 1 rings (SSSR count). The molecule has 1 aliphatic rings. The third-order valence-corrected chi connectivity index (χ3v) is 2.61. The Hall–Kier alpha value is -0.280. The molecule has 1 amide bonds. The molecule has 0 saturated carbocycles. The second-order valence-corrected chi connectivity index (χ2v) is 4.12. The summed E-state index contributed by atoms with van der Waals surface area (Å²) in [6.07, 6.45) is 3.60. The van der Waals surface area contributed by atoms with Gasteiger partial charge in [0.2, 0.25) is 5.91 Å². The molecule has 3 nitrogen and oxygen atoms in total. The maximum absolute atomic E-state index is 11.3. The maximum Gasteiger partial charge on any atom is 0.219 e. The third kappa shape index (κ3) is 3.84. The smallest absolute Gasteiger partial charge is 0.219 e. The molecule has 1 fully saturated rings. The number of piperidine rings is 1. The van der Waals surface area contributed by atoms with Crippen LogP contribution in [0.15, 0.2) is 0 Å². The van der Waals surface area contributed by atoms with Crippen LogP contribution in [0.1, 0.15) is 26.2 Å². The summed E-state index contributed by atoms with van der Waals surface area (Å²) in [7, 11) is 4.12. The second-order valence-electron chi connectivity index (χ2n) is 4.12. The van der Waals surface area contributed by atoms with Crippen molar-refractivity contribution in [3.05, 3.63) is 0 Å². The van der Waals surface area contributed by atoms with Gasteiger partial charge in [-0.2, -0.15) is 0 Å². The molecule has 0 aliphatic carbocycles. The SMILES string of the molecule is CC(=O)N1CCCCC1CN(C)C.Cl. The van der Waals surface area contributed by atoms with Crippen LogP contribution in [0.25, 0.3) is 0 Å². The molecule has 0 bridgehead atoms. The first kappa shape index (κ1) is 13.7. The zero-order valence-electron chi connectivity index (χ0n) is 9.32. The average Bonchev–Trinajstić information content (AvgIpc) is 2.03. The molecule has 4 heteroatoms. The molecule has 0 spiro atoms. The molecule has 0 aromatic carbocycles. The first-order valence-electron chi connectivity index (χ1n) is 5.03. The van der Waals surface area contributed by atoms with Crippen molar-refractivity contribution in [1.29, 1.82) is 0 Å². The van der Waals surface area contributed by atoms with E-state index in [1.807, 2.05) is 4.90 Å². The van der Waals surface area contributed by atoms with Gasteiger partial charge in [0.05, 0.1) is 0 Å². The van der Waals surface area contributed by atoms with Crippen molar-refractivity contribution >= 4 is 18.3 Å². The molecule has 0 aromatic rings. The van der Waals surface area contributed by atoms with E-state index >= 15 is 0 Å². The van der Waals surface area contributed by atoms with E-state index in [0.29, 0.717) is 6.04 Å². The van der Waals surface area contributed by atoms with Crippen LogP contribution in [0.2, 0.25) is 0 Å². The number of likely N-dealkylation sites (N-methyl/N-ethyl adjacent to an activating group) is 1. The molecule has 1 atom stereocenters. The number of hydrogen-bond donors (Lipinski definition) is 0. The number of likely N-dealkylation sites (tertiary alicyclic amines) is 1. The van der Waals surface area contributed by atoms with Crippen molar-refractivity contribution in [3.63, 3.8) is 0 Å². The van der Waals surface area contributed by atoms with Crippen LogP contribution in [0.3, 0.4) is 0 Å². The number of amides is 1. The quantitative estimate of drug-likeness (QED) is 0.702. The lowest BCUT2D eigenvalue weighted by Gasteiger charge is -2.36. The highest BCUT2D eigenvalue weighted by atomic mass is 35.5. The van der Waals surface area contributed by atoms with Crippen molar-refractivity contribution in [2.45, 2.75) is 32.2 Å². The molecular weight excluding hydrogens is 200 g/mol. The van der Waals surface area contributed by atoms with Crippen LogP contribution in [-0.2, 0) is 4.79 Å². The van der Waals surface area contributed by atoms with E-state index in [0.717, 1.165) is 19.5 Å². The Labute approximate surface area is 92.9 Å². The fraction of sp³-hybridized carbons (Fsp3) is 0.900. The van der Waals surface area contributed by atoms with E-state index in [2.05, 4.69) is 19.0 Å². The zero-order chi connectivity index (χ0) is 9.84. The first-order chi connectivity index (χ1) is 6.11. The van der Waals surface area contributed by atoms with E-state index in [1.54, 1.807) is 6.92 Å². The van der Waals surface area contributed by atoms with Gasteiger partial charge in [-0.25, -0.2) is 0 Å². The summed E-state index contributed by atoms with van der Waals surface area (Å²) in [5, 5.41) is 0. The van der Waals surface area contributed by atoms with Crippen LogP contribution in [-0.4, -0.2) is 48.9 Å². The lowest BCUT2D eigenvalue weighted by Crippen LogP contribution is -2.47. The largest absolute Gasteiger partial charge is 0.339 e. The molecular formula is C10H21ClN2O. The summed E-state index contributed by atoms with van der Waals surface area (Å²) in [4.78, 5) is 15.5. The second kappa shape index (κ2) is 6.25. The van der Waals surface area contributed by atoms with E-state index in [1.165, 1.54) is 12.8 Å². The summed E-state index contributed by atoms with van der Waals surface area (Å²) in [6, 6.07) is 0.446. The minimum Gasteiger partial charge on any atom is -0.339 e. The predicted molar refractivity (Wildman–Crippen MR) is 60.8 cm³/mol. The Morgan fingerprint density at radius 2 is 2.07 bits per heavy atom. The molecule has 14 heavy (non-hydrogen) atoms. The summed E-state index contributed by atoms with van der Waals surface area (Å²) in [5.74, 6) is 0.228. The van der Waals surface area contributed by atoms with Gasteiger partial charge in [-0.3, -0.25) is 4.79 Å². The first-order valence-corrected chi connectivity index (χ1v) is 5.03. The lowest BCUT2D eigenvalue weighted by atomic mass is 10.0. The van der Waals surface area contributed by atoms with Crippen LogP contribution >= 0.6 is 12.4 Å². The van der Waals surface area contributed by atoms with Gasteiger partial charge in [-0.15, -0.1) is 12.4 Å². The van der Waals surface area contributed by atoms with Crippen LogP contribution in [0, 0.1) is 0 Å². The highest BCUT2D eigenvalue weighted by molar-refractivity contribution is 5.85. The number of nitrogens with zero attached hydrogens (tertiary/aromatic N) is 2. The molecule has 0 N–H and O–H groups in total. The molecule has 84 valence electrons. The molecule has 0 aromatic heterocycles. The minimum atomic E-state index is 0. The van der Waals surface area contributed by atoms with Crippen molar-refractivity contribution < 1.29 is 4.79 Å². The Morgan fingerprint density at radius 3 is 2.57 bits per heavy atom. The molecule has 1 unspecified atom stereocenters. The summed E-state index contributed by atoms with van der Waals surface area (Å²) < 4.78 is 0. The Bertz CT molecular complexity index is 185. The molecule has 1 aliphatic heterocycles. The minimum absolute atomic E-state index is 0. The number of rotatable bonds is 2. The highest BCUT2D eigenvalue weighted by Gasteiger charge is 2.24. The van der Waals surface area contributed by atoms with Crippen molar-refractivity contribution in [2.75, 3.05) is 27.2 Å². The topological polar surface area (TPSA) is 23.6 Å². The lowest BCUT2D eigenvalue weighted by molar-refractivity contribution is -0.132. The molecule has 1 heterocycles. The molecule has 0 radical (unpaired) electrons. The number of hydrogen-bond acceptors (Lipinski definition) is 2. The van der Waals surface area contributed by atoms with Crippen LogP contribution in [0.5, 0.6) is 0 Å². The van der Waals surface area contributed by atoms with E-state index in [4.69, 9.17) is 0 Å². The predicted octanol–water partition coefficient (Wildman–Crippen LogP) is 1.37. The fourth-order valence-corrected chi connectivity index (χ4v) is 2.03. The highest BCUT2D eigenvalue weighted by Crippen LogP contribution is 2.17. The van der Waals surface area contributed by atoms with E-state index in [9.17, 15) is 4.79 Å². The van der Waals surface area contributed by atoms with Crippen molar-refractivity contribution in [1.82, 2.24) is 9.80 Å². The van der Waals surface area contributed by atoms with Gasteiger partial charge < -0.3 is 9.80 Å². The van der Waals surface area contributed by atoms with Crippen LogP contribution < -0.4 is 0 Å². The normalized spacial score (nSPS) is 22.0. The molecule has 1 saturated heterocycles.